The van der Waals surface area contributed by atoms with Gasteiger partial charge in [-0.15, -0.1) is 0 Å². The maximum Gasteiger partial charge on any atom is 0.430 e. The molecule has 1 atom stereocenters. The molecule has 0 aromatic heterocycles. The summed E-state index contributed by atoms with van der Waals surface area (Å²) >= 11 is 0. The molecule has 1 unspecified atom stereocenters. The Morgan fingerprint density at radius 3 is 2.24 bits per heavy atom. The van der Waals surface area contributed by atoms with Gasteiger partial charge in [-0.1, -0.05) is 0 Å². The molecule has 7 heteroatoms. The van der Waals surface area contributed by atoms with Crippen LogP contribution in [0.25, 0.3) is 0 Å². The zero-order valence-electron chi connectivity index (χ0n) is 8.25. The molecule has 1 heterocycles. The normalized spacial score (nSPS) is 23.3. The van der Waals surface area contributed by atoms with Crippen molar-refractivity contribution in [2.24, 2.45) is 0 Å². The Labute approximate surface area is 92.9 Å². The van der Waals surface area contributed by atoms with E-state index in [4.69, 9.17) is 0 Å². The van der Waals surface area contributed by atoms with Crippen LogP contribution >= 0.6 is 0 Å². The van der Waals surface area contributed by atoms with Crippen molar-refractivity contribution in [2.45, 2.75) is 11.8 Å². The van der Waals surface area contributed by atoms with Gasteiger partial charge in [0.1, 0.15) is 11.6 Å². The van der Waals surface area contributed by atoms with Crippen molar-refractivity contribution in [1.29, 1.82) is 0 Å². The summed E-state index contributed by atoms with van der Waals surface area (Å²) in [6.07, 6.45) is -4.82. The molecular weight excluding hydrogens is 244 g/mol. The minimum absolute atomic E-state index is 0.171. The predicted octanol–water partition coefficient (Wildman–Crippen LogP) is 2.06. The number of hydrogen-bond donors (Lipinski definition) is 0. The van der Waals surface area contributed by atoms with Crippen LogP contribution in [0.2, 0.25) is 0 Å². The van der Waals surface area contributed by atoms with Gasteiger partial charge in [0.05, 0.1) is 6.61 Å². The smallest absolute Gasteiger partial charge is 0.424 e. The first-order valence-corrected chi connectivity index (χ1v) is 4.54. The number of carbonyl (C=O) groups is 1. The van der Waals surface area contributed by atoms with E-state index in [0.717, 1.165) is 24.3 Å². The molecular formula is C10H6F4O3. The Morgan fingerprint density at radius 2 is 1.82 bits per heavy atom. The van der Waals surface area contributed by atoms with E-state index in [1.54, 1.807) is 0 Å². The summed E-state index contributed by atoms with van der Waals surface area (Å²) in [5.41, 5.74) is -2.86. The fraction of sp³-hybridized carbons (Fsp3) is 0.300. The molecule has 1 aliphatic heterocycles. The molecule has 1 aliphatic rings. The first kappa shape index (κ1) is 11.8. The minimum Gasteiger partial charge on any atom is -0.424 e. The van der Waals surface area contributed by atoms with Gasteiger partial charge in [0, 0.05) is 0 Å². The van der Waals surface area contributed by atoms with Crippen LogP contribution in [0.3, 0.4) is 0 Å². The van der Waals surface area contributed by atoms with Gasteiger partial charge in [-0.3, -0.25) is 0 Å². The van der Waals surface area contributed by atoms with Crippen LogP contribution in [0.15, 0.2) is 24.3 Å². The molecule has 0 saturated carbocycles. The van der Waals surface area contributed by atoms with Gasteiger partial charge in [0.2, 0.25) is 0 Å². The average Bonchev–Trinajstić information content (AvgIpc) is 3.01. The Hall–Kier alpha value is -1.63. The highest BCUT2D eigenvalue weighted by Crippen LogP contribution is 2.44. The van der Waals surface area contributed by atoms with Gasteiger partial charge >= 0.3 is 12.1 Å². The van der Waals surface area contributed by atoms with E-state index in [0.29, 0.717) is 0 Å². The maximum absolute atomic E-state index is 12.5. The van der Waals surface area contributed by atoms with Crippen LogP contribution in [0, 0.1) is 5.82 Å². The monoisotopic (exact) mass is 250 g/mol. The lowest BCUT2D eigenvalue weighted by atomic mass is 10.1. The Balaban J connectivity index is 2.10. The van der Waals surface area contributed by atoms with Crippen molar-refractivity contribution < 1.29 is 31.8 Å². The highest BCUT2D eigenvalue weighted by Gasteiger charge is 2.73. The zero-order chi connectivity index (χ0) is 12.7. The zero-order valence-corrected chi connectivity index (χ0v) is 8.25. The molecule has 1 aromatic carbocycles. The third kappa shape index (κ3) is 2.10. The number of esters is 1. The van der Waals surface area contributed by atoms with Crippen molar-refractivity contribution in [3.05, 3.63) is 30.1 Å². The van der Waals surface area contributed by atoms with E-state index >= 15 is 0 Å². The molecule has 2 rings (SSSR count). The van der Waals surface area contributed by atoms with E-state index in [1.807, 2.05) is 0 Å². The van der Waals surface area contributed by atoms with Gasteiger partial charge in [0.15, 0.2) is 0 Å². The van der Waals surface area contributed by atoms with Crippen LogP contribution in [0.4, 0.5) is 17.6 Å². The lowest BCUT2D eigenvalue weighted by Gasteiger charge is -2.14. The number of ether oxygens (including phenoxy) is 2. The summed E-state index contributed by atoms with van der Waals surface area (Å²) < 4.78 is 58.4. The summed E-state index contributed by atoms with van der Waals surface area (Å²) in [6.45, 7) is -0.753. The van der Waals surface area contributed by atoms with Gasteiger partial charge in [-0.2, -0.15) is 13.2 Å². The molecule has 1 aromatic rings. The average molecular weight is 250 g/mol. The Kier molecular flexibility index (Phi) is 2.57. The number of rotatable bonds is 2. The fourth-order valence-electron chi connectivity index (χ4n) is 1.16. The second-order valence-electron chi connectivity index (χ2n) is 3.46. The number of alkyl halides is 3. The first-order chi connectivity index (χ1) is 7.85. The van der Waals surface area contributed by atoms with Gasteiger partial charge in [-0.05, 0) is 24.3 Å². The first-order valence-electron chi connectivity index (χ1n) is 4.54. The molecule has 0 N–H and O–H groups in total. The summed E-state index contributed by atoms with van der Waals surface area (Å²) in [5, 5.41) is 0. The van der Waals surface area contributed by atoms with Crippen LogP contribution in [0.5, 0.6) is 5.75 Å². The predicted molar refractivity (Wildman–Crippen MR) is 46.8 cm³/mol. The minimum atomic E-state index is -4.82. The number of epoxide rings is 1. The van der Waals surface area contributed by atoms with E-state index < -0.39 is 30.2 Å². The van der Waals surface area contributed by atoms with Crippen LogP contribution in [0.1, 0.15) is 0 Å². The molecule has 0 amide bonds. The second kappa shape index (κ2) is 3.69. The van der Waals surface area contributed by atoms with Crippen molar-refractivity contribution >= 4 is 5.97 Å². The summed E-state index contributed by atoms with van der Waals surface area (Å²) in [5.74, 6) is -2.30. The van der Waals surface area contributed by atoms with E-state index in [-0.39, 0.29) is 5.75 Å². The molecule has 17 heavy (non-hydrogen) atoms. The Bertz CT molecular complexity index is 434. The third-order valence-corrected chi connectivity index (χ3v) is 2.24. The molecule has 0 spiro atoms. The highest BCUT2D eigenvalue weighted by molar-refractivity contribution is 5.85. The largest absolute Gasteiger partial charge is 0.430 e. The molecule has 0 aliphatic carbocycles. The summed E-state index contributed by atoms with van der Waals surface area (Å²) in [4.78, 5) is 11.3. The number of benzene rings is 1. The van der Waals surface area contributed by atoms with Gasteiger partial charge in [0.25, 0.3) is 5.60 Å². The van der Waals surface area contributed by atoms with Crippen LogP contribution in [-0.2, 0) is 9.53 Å². The fourth-order valence-corrected chi connectivity index (χ4v) is 1.16. The van der Waals surface area contributed by atoms with Crippen molar-refractivity contribution in [3.63, 3.8) is 0 Å². The number of halogens is 4. The van der Waals surface area contributed by atoms with Crippen LogP contribution < -0.4 is 4.74 Å². The SMILES string of the molecule is O=C(Oc1ccc(F)cc1)C1(C(F)(F)F)CO1. The van der Waals surface area contributed by atoms with E-state index in [9.17, 15) is 22.4 Å². The standard InChI is InChI=1S/C10H6F4O3/c11-6-1-3-7(4-2-6)17-8(15)9(5-16-9)10(12,13)14/h1-4H,5H2. The van der Waals surface area contributed by atoms with Crippen molar-refractivity contribution in [3.8, 4) is 5.75 Å². The lowest BCUT2D eigenvalue weighted by molar-refractivity contribution is -0.198. The number of hydrogen-bond acceptors (Lipinski definition) is 3. The summed E-state index contributed by atoms with van der Waals surface area (Å²) in [6, 6.07) is 4.05. The highest BCUT2D eigenvalue weighted by atomic mass is 19.4. The molecule has 0 bridgehead atoms. The lowest BCUT2D eigenvalue weighted by Crippen LogP contribution is -2.43. The van der Waals surface area contributed by atoms with Gasteiger partial charge < -0.3 is 9.47 Å². The third-order valence-electron chi connectivity index (χ3n) is 2.24. The molecule has 1 saturated heterocycles. The summed E-state index contributed by atoms with van der Waals surface area (Å²) in [7, 11) is 0. The topological polar surface area (TPSA) is 38.8 Å². The number of carbonyl (C=O) groups excluding carboxylic acids is 1. The molecule has 3 nitrogen and oxygen atoms in total. The molecule has 1 fully saturated rings. The van der Waals surface area contributed by atoms with Crippen molar-refractivity contribution in [2.75, 3.05) is 6.61 Å². The second-order valence-corrected chi connectivity index (χ2v) is 3.46. The van der Waals surface area contributed by atoms with Gasteiger partial charge in [-0.25, -0.2) is 9.18 Å². The van der Waals surface area contributed by atoms with E-state index in [2.05, 4.69) is 9.47 Å². The maximum atomic E-state index is 12.5. The van der Waals surface area contributed by atoms with E-state index in [1.165, 1.54) is 0 Å². The van der Waals surface area contributed by atoms with Crippen molar-refractivity contribution in [1.82, 2.24) is 0 Å². The van der Waals surface area contributed by atoms with Crippen LogP contribution in [-0.4, -0.2) is 24.4 Å². The molecule has 0 radical (unpaired) electrons. The quantitative estimate of drug-likeness (QED) is 0.349. The Morgan fingerprint density at radius 1 is 1.29 bits per heavy atom. The molecule has 92 valence electrons.